The van der Waals surface area contributed by atoms with Crippen LogP contribution >= 0.6 is 11.8 Å². The Morgan fingerprint density at radius 2 is 2.33 bits per heavy atom. The molecule has 1 fully saturated rings. The van der Waals surface area contributed by atoms with Gasteiger partial charge in [0.25, 0.3) is 0 Å². The van der Waals surface area contributed by atoms with Gasteiger partial charge in [-0.15, -0.1) is 0 Å². The lowest BCUT2D eigenvalue weighted by Gasteiger charge is -2.19. The maximum atomic E-state index is 5.85. The Hall–Kier alpha value is -1.01. The molecule has 0 aromatic carbocycles. The summed E-state index contributed by atoms with van der Waals surface area (Å²) in [5.41, 5.74) is 0. The second-order valence-electron chi connectivity index (χ2n) is 5.42. The van der Waals surface area contributed by atoms with Crippen LogP contribution in [0.4, 0.5) is 5.82 Å². The lowest BCUT2D eigenvalue weighted by atomic mass is 10.1. The zero-order valence-electron chi connectivity index (χ0n) is 13.3. The molecule has 2 rings (SSSR count). The van der Waals surface area contributed by atoms with E-state index in [4.69, 9.17) is 4.74 Å². The molecule has 1 N–H and O–H groups in total. The molecular weight excluding hydrogens is 284 g/mol. The Bertz CT molecular complexity index is 444. The summed E-state index contributed by atoms with van der Waals surface area (Å²) in [6, 6.07) is 2.55. The molecule has 2 heterocycles. The third kappa shape index (κ3) is 5.04. The Morgan fingerprint density at radius 1 is 1.48 bits per heavy atom. The molecule has 1 saturated heterocycles. The van der Waals surface area contributed by atoms with Crippen LogP contribution in [0.1, 0.15) is 32.6 Å². The summed E-state index contributed by atoms with van der Waals surface area (Å²) in [5.74, 6) is 1.53. The molecule has 1 aliphatic rings. The standard InChI is InChI=1S/C15H26N4OS/c1-4-8-16-13-11-14(18-15(17-13)21-3)20-10-7-12-6-5-9-19(12)2/h11-12H,4-10H2,1-3H3,(H,16,17,18). The predicted molar refractivity (Wildman–Crippen MR) is 88.4 cm³/mol. The van der Waals surface area contributed by atoms with Crippen molar-refractivity contribution in [2.24, 2.45) is 0 Å². The summed E-state index contributed by atoms with van der Waals surface area (Å²) >= 11 is 1.54. The molecule has 1 aliphatic heterocycles. The molecular formula is C15H26N4OS. The summed E-state index contributed by atoms with van der Waals surface area (Å²) in [6.45, 7) is 4.98. The van der Waals surface area contributed by atoms with Crippen LogP contribution in [0, 0.1) is 0 Å². The van der Waals surface area contributed by atoms with Crippen LogP contribution in [0.2, 0.25) is 0 Å². The molecule has 1 aromatic heterocycles. The quantitative estimate of drug-likeness (QED) is 0.588. The monoisotopic (exact) mass is 310 g/mol. The van der Waals surface area contributed by atoms with E-state index >= 15 is 0 Å². The van der Waals surface area contributed by atoms with Gasteiger partial charge in [0.05, 0.1) is 6.61 Å². The van der Waals surface area contributed by atoms with Gasteiger partial charge in [0.2, 0.25) is 5.88 Å². The van der Waals surface area contributed by atoms with Crippen molar-refractivity contribution in [3.8, 4) is 5.88 Å². The van der Waals surface area contributed by atoms with Gasteiger partial charge in [-0.2, -0.15) is 4.98 Å². The maximum absolute atomic E-state index is 5.85. The van der Waals surface area contributed by atoms with Gasteiger partial charge >= 0.3 is 0 Å². The van der Waals surface area contributed by atoms with Crippen molar-refractivity contribution in [3.05, 3.63) is 6.07 Å². The number of anilines is 1. The smallest absolute Gasteiger partial charge is 0.219 e. The number of aromatic nitrogens is 2. The van der Waals surface area contributed by atoms with Crippen molar-refractivity contribution in [3.63, 3.8) is 0 Å². The predicted octanol–water partition coefficient (Wildman–Crippen LogP) is 2.88. The normalized spacial score (nSPS) is 18.9. The highest BCUT2D eigenvalue weighted by Crippen LogP contribution is 2.21. The molecule has 1 unspecified atom stereocenters. The van der Waals surface area contributed by atoms with Crippen LogP contribution in [0.5, 0.6) is 5.88 Å². The minimum atomic E-state index is 0.657. The van der Waals surface area contributed by atoms with Crippen LogP contribution in [-0.4, -0.2) is 53.9 Å². The highest BCUT2D eigenvalue weighted by molar-refractivity contribution is 7.98. The first-order valence-electron chi connectivity index (χ1n) is 7.73. The fourth-order valence-electron chi connectivity index (χ4n) is 2.56. The number of hydrogen-bond donors (Lipinski definition) is 1. The third-order valence-electron chi connectivity index (χ3n) is 3.79. The topological polar surface area (TPSA) is 50.3 Å². The molecule has 6 heteroatoms. The van der Waals surface area contributed by atoms with E-state index in [1.54, 1.807) is 0 Å². The van der Waals surface area contributed by atoms with E-state index in [1.165, 1.54) is 31.1 Å². The Kier molecular flexibility index (Phi) is 6.57. The molecule has 0 saturated carbocycles. The van der Waals surface area contributed by atoms with Gasteiger partial charge in [0.1, 0.15) is 5.82 Å². The molecule has 0 amide bonds. The Morgan fingerprint density at radius 3 is 3.00 bits per heavy atom. The van der Waals surface area contributed by atoms with E-state index < -0.39 is 0 Å². The van der Waals surface area contributed by atoms with Crippen molar-refractivity contribution in [1.29, 1.82) is 0 Å². The Labute approximate surface area is 131 Å². The first-order valence-corrected chi connectivity index (χ1v) is 8.95. The average Bonchev–Trinajstić information content (AvgIpc) is 2.90. The molecule has 21 heavy (non-hydrogen) atoms. The summed E-state index contributed by atoms with van der Waals surface area (Å²) in [7, 11) is 2.20. The van der Waals surface area contributed by atoms with Gasteiger partial charge in [-0.25, -0.2) is 4.98 Å². The zero-order chi connectivity index (χ0) is 15.1. The fraction of sp³-hybridized carbons (Fsp3) is 0.733. The van der Waals surface area contributed by atoms with Crippen LogP contribution in [0.25, 0.3) is 0 Å². The highest BCUT2D eigenvalue weighted by atomic mass is 32.2. The van der Waals surface area contributed by atoms with Gasteiger partial charge in [-0.3, -0.25) is 0 Å². The molecule has 0 aliphatic carbocycles. The van der Waals surface area contributed by atoms with Crippen molar-refractivity contribution >= 4 is 17.6 Å². The van der Waals surface area contributed by atoms with E-state index in [9.17, 15) is 0 Å². The molecule has 5 nitrogen and oxygen atoms in total. The third-order valence-corrected chi connectivity index (χ3v) is 4.34. The van der Waals surface area contributed by atoms with E-state index in [1.807, 2.05) is 12.3 Å². The largest absolute Gasteiger partial charge is 0.477 e. The lowest BCUT2D eigenvalue weighted by molar-refractivity contribution is 0.227. The van der Waals surface area contributed by atoms with Crippen molar-refractivity contribution < 1.29 is 4.74 Å². The van der Waals surface area contributed by atoms with Crippen molar-refractivity contribution in [2.45, 2.75) is 43.8 Å². The van der Waals surface area contributed by atoms with Gasteiger partial charge in [0.15, 0.2) is 5.16 Å². The second kappa shape index (κ2) is 8.44. The van der Waals surface area contributed by atoms with E-state index in [-0.39, 0.29) is 0 Å². The van der Waals surface area contributed by atoms with Crippen molar-refractivity contribution in [1.82, 2.24) is 14.9 Å². The zero-order valence-corrected chi connectivity index (χ0v) is 14.1. The van der Waals surface area contributed by atoms with Crippen LogP contribution in [0.3, 0.4) is 0 Å². The first kappa shape index (κ1) is 16.4. The van der Waals surface area contributed by atoms with Crippen LogP contribution < -0.4 is 10.1 Å². The SMILES string of the molecule is CCCNc1cc(OCCC2CCCN2C)nc(SC)n1. The number of thioether (sulfide) groups is 1. The number of hydrogen-bond acceptors (Lipinski definition) is 6. The highest BCUT2D eigenvalue weighted by Gasteiger charge is 2.20. The van der Waals surface area contributed by atoms with Crippen LogP contribution in [0.15, 0.2) is 11.2 Å². The van der Waals surface area contributed by atoms with Gasteiger partial charge < -0.3 is 15.0 Å². The number of nitrogens with zero attached hydrogens (tertiary/aromatic N) is 3. The molecule has 118 valence electrons. The summed E-state index contributed by atoms with van der Waals surface area (Å²) < 4.78 is 5.85. The summed E-state index contributed by atoms with van der Waals surface area (Å²) in [5, 5.41) is 4.05. The van der Waals surface area contributed by atoms with Gasteiger partial charge in [0, 0.05) is 18.7 Å². The van der Waals surface area contributed by atoms with E-state index in [0.717, 1.165) is 30.4 Å². The minimum Gasteiger partial charge on any atom is -0.477 e. The van der Waals surface area contributed by atoms with Crippen LogP contribution in [-0.2, 0) is 0 Å². The maximum Gasteiger partial charge on any atom is 0.219 e. The molecule has 0 bridgehead atoms. The minimum absolute atomic E-state index is 0.657. The number of likely N-dealkylation sites (tertiary alicyclic amines) is 1. The van der Waals surface area contributed by atoms with E-state index in [2.05, 4.69) is 34.2 Å². The van der Waals surface area contributed by atoms with Crippen molar-refractivity contribution in [2.75, 3.05) is 38.3 Å². The van der Waals surface area contributed by atoms with Gasteiger partial charge in [-0.05, 0) is 45.5 Å². The molecule has 0 radical (unpaired) electrons. The second-order valence-corrected chi connectivity index (χ2v) is 6.19. The van der Waals surface area contributed by atoms with Gasteiger partial charge in [-0.1, -0.05) is 18.7 Å². The number of ether oxygens (including phenoxy) is 1. The first-order chi connectivity index (χ1) is 10.2. The average molecular weight is 310 g/mol. The molecule has 1 atom stereocenters. The van der Waals surface area contributed by atoms with E-state index in [0.29, 0.717) is 18.5 Å². The number of rotatable bonds is 8. The molecule has 1 aromatic rings. The summed E-state index contributed by atoms with van der Waals surface area (Å²) in [6.07, 6.45) is 6.70. The molecule has 0 spiro atoms. The summed E-state index contributed by atoms with van der Waals surface area (Å²) in [4.78, 5) is 11.3. The Balaban J connectivity index is 1.88. The lowest BCUT2D eigenvalue weighted by Crippen LogP contribution is -2.26. The fourth-order valence-corrected chi connectivity index (χ4v) is 2.93. The number of nitrogens with one attached hydrogen (secondary N) is 1.